The third-order valence-corrected chi connectivity index (χ3v) is 2.07. The largest absolute Gasteiger partial charge is 0.468 e. The number of likely N-dealkylation sites (N-methyl/N-ethyl adjacent to an activating group) is 1. The molecule has 0 unspecified atom stereocenters. The summed E-state index contributed by atoms with van der Waals surface area (Å²) in [6.45, 7) is 5.54. The second kappa shape index (κ2) is 6.40. The van der Waals surface area contributed by atoms with Gasteiger partial charge in [-0.1, -0.05) is 19.1 Å². The third-order valence-electron chi connectivity index (χ3n) is 2.07. The van der Waals surface area contributed by atoms with Crippen LogP contribution in [-0.2, 0) is 6.54 Å². The quantitative estimate of drug-likeness (QED) is 0.700. The normalized spacial score (nSPS) is 11.6. The van der Waals surface area contributed by atoms with Crippen molar-refractivity contribution in [1.82, 2.24) is 4.90 Å². The molecule has 0 saturated heterocycles. The van der Waals surface area contributed by atoms with Gasteiger partial charge < -0.3 is 10.2 Å². The van der Waals surface area contributed by atoms with E-state index in [2.05, 4.69) is 17.9 Å². The van der Waals surface area contributed by atoms with E-state index >= 15 is 0 Å². The average molecular weight is 194 g/mol. The van der Waals surface area contributed by atoms with Gasteiger partial charge in [-0.15, -0.1) is 0 Å². The van der Waals surface area contributed by atoms with Gasteiger partial charge in [0.15, 0.2) is 0 Å². The van der Waals surface area contributed by atoms with Crippen LogP contribution in [0.15, 0.2) is 35.0 Å². The van der Waals surface area contributed by atoms with Crippen LogP contribution in [0.25, 0.3) is 0 Å². The van der Waals surface area contributed by atoms with Gasteiger partial charge in [0.25, 0.3) is 0 Å². The predicted octanol–water partition coefficient (Wildman–Crippen LogP) is 1.62. The van der Waals surface area contributed by atoms with Crippen LogP contribution in [-0.4, -0.2) is 24.5 Å². The predicted molar refractivity (Wildman–Crippen MR) is 57.9 cm³/mol. The van der Waals surface area contributed by atoms with Crippen molar-refractivity contribution in [2.45, 2.75) is 13.5 Å². The standard InChI is InChI=1S/C11H18N2O/c1-2-13(8-4-3-7-12)10-11-6-5-9-14-11/h3-6,9H,2,7-8,10,12H2,1H3. The van der Waals surface area contributed by atoms with Crippen molar-refractivity contribution >= 4 is 0 Å². The molecule has 0 aromatic carbocycles. The lowest BCUT2D eigenvalue weighted by Crippen LogP contribution is -2.22. The van der Waals surface area contributed by atoms with E-state index in [1.54, 1.807) is 6.26 Å². The molecule has 1 rings (SSSR count). The summed E-state index contributed by atoms with van der Waals surface area (Å²) in [6, 6.07) is 3.91. The van der Waals surface area contributed by atoms with Crippen LogP contribution in [0.3, 0.4) is 0 Å². The summed E-state index contributed by atoms with van der Waals surface area (Å²) in [5.74, 6) is 1.01. The molecule has 0 atom stereocenters. The van der Waals surface area contributed by atoms with Crippen LogP contribution in [0, 0.1) is 0 Å². The summed E-state index contributed by atoms with van der Waals surface area (Å²) in [7, 11) is 0. The minimum absolute atomic E-state index is 0.609. The summed E-state index contributed by atoms with van der Waals surface area (Å²) >= 11 is 0. The second-order valence-electron chi connectivity index (χ2n) is 3.11. The average Bonchev–Trinajstić information content (AvgIpc) is 2.69. The van der Waals surface area contributed by atoms with Crippen molar-refractivity contribution in [3.05, 3.63) is 36.3 Å². The van der Waals surface area contributed by atoms with E-state index in [0.717, 1.165) is 25.4 Å². The Balaban J connectivity index is 2.35. The SMILES string of the molecule is CCN(CC=CCN)Cc1ccco1. The fraction of sp³-hybridized carbons (Fsp3) is 0.455. The summed E-state index contributed by atoms with van der Waals surface area (Å²) in [5.41, 5.74) is 5.37. The summed E-state index contributed by atoms with van der Waals surface area (Å²) in [6.07, 6.45) is 5.77. The Kier molecular flexibility index (Phi) is 5.04. The molecule has 0 saturated carbocycles. The van der Waals surface area contributed by atoms with Gasteiger partial charge in [-0.2, -0.15) is 0 Å². The van der Waals surface area contributed by atoms with Crippen molar-refractivity contribution in [3.8, 4) is 0 Å². The van der Waals surface area contributed by atoms with Crippen molar-refractivity contribution in [3.63, 3.8) is 0 Å². The molecule has 0 amide bonds. The zero-order valence-corrected chi connectivity index (χ0v) is 8.65. The highest BCUT2D eigenvalue weighted by Crippen LogP contribution is 2.04. The minimum atomic E-state index is 0.609. The number of nitrogens with zero attached hydrogens (tertiary/aromatic N) is 1. The van der Waals surface area contributed by atoms with E-state index in [1.807, 2.05) is 18.2 Å². The third kappa shape index (κ3) is 3.77. The molecule has 0 spiro atoms. The topological polar surface area (TPSA) is 42.4 Å². The molecule has 2 N–H and O–H groups in total. The summed E-state index contributed by atoms with van der Waals surface area (Å²) < 4.78 is 5.28. The fourth-order valence-electron chi connectivity index (χ4n) is 1.25. The molecule has 0 aliphatic carbocycles. The van der Waals surface area contributed by atoms with E-state index in [0.29, 0.717) is 6.54 Å². The highest BCUT2D eigenvalue weighted by atomic mass is 16.3. The molecule has 0 aliphatic rings. The summed E-state index contributed by atoms with van der Waals surface area (Å²) in [4.78, 5) is 2.28. The Hall–Kier alpha value is -1.06. The second-order valence-corrected chi connectivity index (χ2v) is 3.11. The Labute approximate surface area is 85.2 Å². The molecule has 0 fully saturated rings. The Morgan fingerprint density at radius 1 is 1.50 bits per heavy atom. The van der Waals surface area contributed by atoms with E-state index in [-0.39, 0.29) is 0 Å². The molecular formula is C11H18N2O. The Bertz CT molecular complexity index is 254. The van der Waals surface area contributed by atoms with Gasteiger partial charge in [0.2, 0.25) is 0 Å². The van der Waals surface area contributed by atoms with Crippen LogP contribution in [0.5, 0.6) is 0 Å². The molecule has 0 aliphatic heterocycles. The van der Waals surface area contributed by atoms with Crippen molar-refractivity contribution in [1.29, 1.82) is 0 Å². The molecular weight excluding hydrogens is 176 g/mol. The van der Waals surface area contributed by atoms with E-state index < -0.39 is 0 Å². The van der Waals surface area contributed by atoms with Gasteiger partial charge >= 0.3 is 0 Å². The van der Waals surface area contributed by atoms with E-state index in [4.69, 9.17) is 10.2 Å². The lowest BCUT2D eigenvalue weighted by atomic mass is 10.3. The molecule has 1 heterocycles. The number of hydrogen-bond donors (Lipinski definition) is 1. The first-order chi connectivity index (χ1) is 6.86. The van der Waals surface area contributed by atoms with Crippen LogP contribution in [0.2, 0.25) is 0 Å². The lowest BCUT2D eigenvalue weighted by molar-refractivity contribution is 0.281. The van der Waals surface area contributed by atoms with Gasteiger partial charge in [-0.25, -0.2) is 0 Å². The maximum atomic E-state index is 5.37. The Morgan fingerprint density at radius 3 is 2.93 bits per heavy atom. The number of nitrogens with two attached hydrogens (primary N) is 1. The van der Waals surface area contributed by atoms with Crippen molar-refractivity contribution in [2.24, 2.45) is 5.73 Å². The molecule has 3 nitrogen and oxygen atoms in total. The number of hydrogen-bond acceptors (Lipinski definition) is 3. The van der Waals surface area contributed by atoms with E-state index in [1.165, 1.54) is 0 Å². The summed E-state index contributed by atoms with van der Waals surface area (Å²) in [5, 5.41) is 0. The maximum absolute atomic E-state index is 5.37. The van der Waals surface area contributed by atoms with Gasteiger partial charge in [0.05, 0.1) is 12.8 Å². The molecule has 1 aromatic heterocycles. The molecule has 78 valence electrons. The van der Waals surface area contributed by atoms with Crippen LogP contribution in [0.1, 0.15) is 12.7 Å². The Morgan fingerprint density at radius 2 is 2.36 bits per heavy atom. The fourth-order valence-corrected chi connectivity index (χ4v) is 1.25. The maximum Gasteiger partial charge on any atom is 0.117 e. The van der Waals surface area contributed by atoms with Crippen molar-refractivity contribution in [2.75, 3.05) is 19.6 Å². The van der Waals surface area contributed by atoms with Gasteiger partial charge in [-0.05, 0) is 18.7 Å². The first-order valence-electron chi connectivity index (χ1n) is 4.96. The number of furan rings is 1. The highest BCUT2D eigenvalue weighted by molar-refractivity contribution is 4.98. The first-order valence-corrected chi connectivity index (χ1v) is 4.96. The lowest BCUT2D eigenvalue weighted by Gasteiger charge is -2.16. The van der Waals surface area contributed by atoms with Crippen molar-refractivity contribution < 1.29 is 4.42 Å². The monoisotopic (exact) mass is 194 g/mol. The van der Waals surface area contributed by atoms with Gasteiger partial charge in [0.1, 0.15) is 5.76 Å². The minimum Gasteiger partial charge on any atom is -0.468 e. The zero-order chi connectivity index (χ0) is 10.2. The van der Waals surface area contributed by atoms with Crippen LogP contribution >= 0.6 is 0 Å². The molecule has 1 aromatic rings. The highest BCUT2D eigenvalue weighted by Gasteiger charge is 2.02. The number of rotatable bonds is 6. The molecule has 3 heteroatoms. The van der Waals surface area contributed by atoms with Crippen LogP contribution < -0.4 is 5.73 Å². The zero-order valence-electron chi connectivity index (χ0n) is 8.65. The first kappa shape index (κ1) is 11.0. The smallest absolute Gasteiger partial charge is 0.117 e. The molecule has 0 radical (unpaired) electrons. The van der Waals surface area contributed by atoms with Crippen LogP contribution in [0.4, 0.5) is 0 Å². The van der Waals surface area contributed by atoms with Gasteiger partial charge in [0, 0.05) is 13.1 Å². The van der Waals surface area contributed by atoms with Gasteiger partial charge in [-0.3, -0.25) is 4.90 Å². The van der Waals surface area contributed by atoms with E-state index in [9.17, 15) is 0 Å². The molecule has 14 heavy (non-hydrogen) atoms. The molecule has 0 bridgehead atoms.